The summed E-state index contributed by atoms with van der Waals surface area (Å²) >= 11 is 6.68. The van der Waals surface area contributed by atoms with Gasteiger partial charge in [-0.3, -0.25) is 0 Å². The normalized spacial score (nSPS) is 23.7. The molecule has 6 nitrogen and oxygen atoms in total. The molecule has 0 saturated carbocycles. The van der Waals surface area contributed by atoms with E-state index in [2.05, 4.69) is 0 Å². The summed E-state index contributed by atoms with van der Waals surface area (Å²) in [7, 11) is 0. The monoisotopic (exact) mass is 602 g/mol. The number of halogens is 1. The summed E-state index contributed by atoms with van der Waals surface area (Å²) in [5.74, 6) is 0.811. The average molecular weight is 603 g/mol. The minimum Gasteiger partial charge on any atom is -0.494 e. The highest BCUT2D eigenvalue weighted by molar-refractivity contribution is 6.31. The molecule has 4 aromatic rings. The predicted octanol–water partition coefficient (Wildman–Crippen LogP) is 6.47. The molecule has 43 heavy (non-hydrogen) atoms. The molecule has 1 saturated heterocycles. The van der Waals surface area contributed by atoms with Crippen LogP contribution in [0.1, 0.15) is 41.7 Å². The summed E-state index contributed by atoms with van der Waals surface area (Å²) in [6.45, 7) is 4.53. The van der Waals surface area contributed by atoms with Gasteiger partial charge >= 0.3 is 0 Å². The maximum atomic E-state index is 11.8. The van der Waals surface area contributed by atoms with Gasteiger partial charge in [-0.25, -0.2) is 0 Å². The Balaban J connectivity index is 1.46. The molecule has 226 valence electrons. The fourth-order valence-electron chi connectivity index (χ4n) is 5.70. The summed E-state index contributed by atoms with van der Waals surface area (Å²) in [5, 5.41) is 23.5. The Hall–Kier alpha value is -3.23. The molecule has 5 unspecified atom stereocenters. The SMILES string of the molecule is CCOc1ccc(Cc2cc(C3(CO)OC(C)C(OCc4ccccc4)C(O)C3OCc3ccccc3)ccc2Cl)cc1. The van der Waals surface area contributed by atoms with Crippen molar-refractivity contribution in [2.75, 3.05) is 13.2 Å². The maximum absolute atomic E-state index is 11.8. The molecule has 0 aliphatic carbocycles. The molecule has 5 atom stereocenters. The van der Waals surface area contributed by atoms with Gasteiger partial charge in [0.2, 0.25) is 0 Å². The second kappa shape index (κ2) is 14.5. The zero-order valence-corrected chi connectivity index (χ0v) is 25.3. The van der Waals surface area contributed by atoms with Crippen LogP contribution in [0.15, 0.2) is 103 Å². The molecule has 5 rings (SSSR count). The van der Waals surface area contributed by atoms with E-state index in [1.165, 1.54) is 0 Å². The molecular weight excluding hydrogens is 564 g/mol. The van der Waals surface area contributed by atoms with E-state index in [-0.39, 0.29) is 6.61 Å². The van der Waals surface area contributed by atoms with E-state index in [0.29, 0.717) is 30.2 Å². The molecule has 4 aromatic carbocycles. The van der Waals surface area contributed by atoms with Crippen molar-refractivity contribution in [3.8, 4) is 5.75 Å². The Morgan fingerprint density at radius 1 is 0.814 bits per heavy atom. The highest BCUT2D eigenvalue weighted by Crippen LogP contribution is 2.42. The van der Waals surface area contributed by atoms with Crippen molar-refractivity contribution in [3.05, 3.63) is 136 Å². The topological polar surface area (TPSA) is 77.4 Å². The van der Waals surface area contributed by atoms with Gasteiger partial charge in [0.1, 0.15) is 29.7 Å². The first-order chi connectivity index (χ1) is 20.9. The minimum absolute atomic E-state index is 0.222. The van der Waals surface area contributed by atoms with Gasteiger partial charge in [0.25, 0.3) is 0 Å². The molecule has 0 amide bonds. The third-order valence-corrected chi connectivity index (χ3v) is 8.29. The standard InChI is InChI=1S/C36H39ClO6/c1-3-40-31-17-14-26(15-18-31)20-29-21-30(16-19-32(29)37)36(24-38)35(42-23-28-12-8-5-9-13-28)33(39)34(25(2)43-36)41-22-27-10-6-4-7-11-27/h4-19,21,25,33-35,38-39H,3,20,22-24H2,1-2H3. The number of aliphatic hydroxyl groups is 2. The predicted molar refractivity (Wildman–Crippen MR) is 167 cm³/mol. The van der Waals surface area contributed by atoms with Crippen LogP contribution in [0.25, 0.3) is 0 Å². The van der Waals surface area contributed by atoms with Crippen LogP contribution in [0.2, 0.25) is 5.02 Å². The fraction of sp³-hybridized carbons (Fsp3) is 0.333. The van der Waals surface area contributed by atoms with Crippen LogP contribution < -0.4 is 4.74 Å². The van der Waals surface area contributed by atoms with Gasteiger partial charge in [0.15, 0.2) is 0 Å². The number of aliphatic hydroxyl groups excluding tert-OH is 2. The first-order valence-electron chi connectivity index (χ1n) is 14.7. The van der Waals surface area contributed by atoms with Gasteiger partial charge in [-0.1, -0.05) is 96.5 Å². The first-order valence-corrected chi connectivity index (χ1v) is 15.1. The molecule has 1 heterocycles. The van der Waals surface area contributed by atoms with Gasteiger partial charge in [-0.2, -0.15) is 0 Å². The lowest BCUT2D eigenvalue weighted by Gasteiger charge is -2.50. The van der Waals surface area contributed by atoms with Gasteiger partial charge in [-0.15, -0.1) is 0 Å². The van der Waals surface area contributed by atoms with Crippen LogP contribution >= 0.6 is 11.6 Å². The van der Waals surface area contributed by atoms with Gasteiger partial charge in [0.05, 0.1) is 32.5 Å². The largest absolute Gasteiger partial charge is 0.494 e. The molecule has 7 heteroatoms. The molecule has 0 bridgehead atoms. The van der Waals surface area contributed by atoms with Crippen molar-refractivity contribution < 1.29 is 29.2 Å². The third kappa shape index (κ3) is 7.29. The zero-order valence-electron chi connectivity index (χ0n) is 24.6. The number of hydrogen-bond acceptors (Lipinski definition) is 6. The average Bonchev–Trinajstić information content (AvgIpc) is 3.03. The van der Waals surface area contributed by atoms with Gasteiger partial charge < -0.3 is 29.2 Å². The summed E-state index contributed by atoms with van der Waals surface area (Å²) in [5.41, 5.74) is 3.16. The quantitative estimate of drug-likeness (QED) is 0.194. The molecular formula is C36H39ClO6. The molecule has 0 spiro atoms. The van der Waals surface area contributed by atoms with Crippen LogP contribution in [-0.2, 0) is 39.4 Å². The van der Waals surface area contributed by atoms with Crippen molar-refractivity contribution >= 4 is 11.6 Å². The third-order valence-electron chi connectivity index (χ3n) is 7.92. The number of hydrogen-bond donors (Lipinski definition) is 2. The van der Waals surface area contributed by atoms with E-state index >= 15 is 0 Å². The zero-order chi connectivity index (χ0) is 30.2. The number of rotatable bonds is 12. The summed E-state index contributed by atoms with van der Waals surface area (Å²) in [6, 6.07) is 33.0. The maximum Gasteiger partial charge on any atom is 0.145 e. The number of benzene rings is 4. The molecule has 0 aromatic heterocycles. The Morgan fingerprint density at radius 3 is 2.05 bits per heavy atom. The fourth-order valence-corrected chi connectivity index (χ4v) is 5.88. The summed E-state index contributed by atoms with van der Waals surface area (Å²) in [6.07, 6.45) is -2.69. The van der Waals surface area contributed by atoms with E-state index in [9.17, 15) is 10.2 Å². The van der Waals surface area contributed by atoms with E-state index in [4.69, 9.17) is 30.5 Å². The lowest BCUT2D eigenvalue weighted by atomic mass is 9.79. The van der Waals surface area contributed by atoms with Crippen molar-refractivity contribution in [1.82, 2.24) is 0 Å². The van der Waals surface area contributed by atoms with Crippen molar-refractivity contribution in [1.29, 1.82) is 0 Å². The highest BCUT2D eigenvalue weighted by Gasteiger charge is 2.55. The van der Waals surface area contributed by atoms with Crippen molar-refractivity contribution in [2.24, 2.45) is 0 Å². The van der Waals surface area contributed by atoms with Crippen molar-refractivity contribution in [2.45, 2.75) is 63.5 Å². The molecule has 0 radical (unpaired) electrons. The van der Waals surface area contributed by atoms with Crippen LogP contribution in [0.4, 0.5) is 0 Å². The Kier molecular flexibility index (Phi) is 10.5. The second-order valence-electron chi connectivity index (χ2n) is 10.9. The van der Waals surface area contributed by atoms with Gasteiger partial charge in [0, 0.05) is 5.02 Å². The lowest BCUT2D eigenvalue weighted by Crippen LogP contribution is -2.64. The number of ether oxygens (including phenoxy) is 4. The second-order valence-corrected chi connectivity index (χ2v) is 11.3. The van der Waals surface area contributed by atoms with Crippen LogP contribution in [0.3, 0.4) is 0 Å². The van der Waals surface area contributed by atoms with E-state index in [0.717, 1.165) is 28.0 Å². The summed E-state index contributed by atoms with van der Waals surface area (Å²) in [4.78, 5) is 0. The van der Waals surface area contributed by atoms with Crippen LogP contribution in [0.5, 0.6) is 5.75 Å². The van der Waals surface area contributed by atoms with Crippen LogP contribution in [0, 0.1) is 0 Å². The van der Waals surface area contributed by atoms with Crippen molar-refractivity contribution in [3.63, 3.8) is 0 Å². The Labute approximate surface area is 258 Å². The Bertz CT molecular complexity index is 1430. The van der Waals surface area contributed by atoms with Crippen LogP contribution in [-0.4, -0.2) is 47.8 Å². The first kappa shape index (κ1) is 31.2. The highest BCUT2D eigenvalue weighted by atomic mass is 35.5. The minimum atomic E-state index is -1.36. The molecule has 1 fully saturated rings. The Morgan fingerprint density at radius 2 is 1.44 bits per heavy atom. The molecule has 1 aliphatic rings. The molecule has 1 aliphatic heterocycles. The van der Waals surface area contributed by atoms with Gasteiger partial charge in [-0.05, 0) is 66.3 Å². The lowest BCUT2D eigenvalue weighted by molar-refractivity contribution is -0.301. The molecule has 2 N–H and O–H groups in total. The van der Waals surface area contributed by atoms with E-state index < -0.39 is 36.6 Å². The summed E-state index contributed by atoms with van der Waals surface area (Å²) < 4.78 is 24.9. The van der Waals surface area contributed by atoms with E-state index in [1.54, 1.807) is 0 Å². The smallest absolute Gasteiger partial charge is 0.145 e. The van der Waals surface area contributed by atoms with E-state index in [1.807, 2.05) is 117 Å².